The Kier molecular flexibility index (Phi) is 5.08. The topological polar surface area (TPSA) is 24.9 Å². The summed E-state index contributed by atoms with van der Waals surface area (Å²) < 4.78 is 1.01. The molecule has 0 aliphatic rings. The van der Waals surface area contributed by atoms with Crippen LogP contribution in [0.1, 0.15) is 12.6 Å². The smallest absolute Gasteiger partial charge is 0.0595 e. The molecule has 0 saturated carbocycles. The van der Waals surface area contributed by atoms with Gasteiger partial charge >= 0.3 is 0 Å². The molecular weight excluding hydrogens is 308 g/mol. The number of nitrogens with zero attached hydrogens (tertiary/aromatic N) is 1. The van der Waals surface area contributed by atoms with Gasteiger partial charge in [0.05, 0.1) is 12.2 Å². The van der Waals surface area contributed by atoms with E-state index in [4.69, 9.17) is 0 Å². The lowest BCUT2D eigenvalue weighted by molar-refractivity contribution is 1.03. The normalized spacial score (nSPS) is 10.3. The lowest BCUT2D eigenvalue weighted by atomic mass is 10.3. The molecule has 0 aliphatic carbocycles. The standard InChI is InChI=1S/C14H15BrN2S/c1-2-18-14-6-4-3-5-13(14)17-10-12-8-7-11(15)9-16-12/h3-9,17H,2,10H2,1H3. The number of hydrogen-bond donors (Lipinski definition) is 1. The minimum atomic E-state index is 0.745. The summed E-state index contributed by atoms with van der Waals surface area (Å²) in [6, 6.07) is 12.4. The molecule has 94 valence electrons. The average Bonchev–Trinajstić information content (AvgIpc) is 2.40. The minimum Gasteiger partial charge on any atom is -0.378 e. The molecule has 1 aromatic carbocycles. The van der Waals surface area contributed by atoms with E-state index >= 15 is 0 Å². The molecule has 0 radical (unpaired) electrons. The van der Waals surface area contributed by atoms with E-state index in [1.165, 1.54) is 10.6 Å². The molecule has 0 saturated heterocycles. The van der Waals surface area contributed by atoms with Crippen molar-refractivity contribution in [3.8, 4) is 0 Å². The first-order valence-corrected chi connectivity index (χ1v) is 7.63. The van der Waals surface area contributed by atoms with Gasteiger partial charge in [-0.15, -0.1) is 11.8 Å². The Labute approximate surface area is 120 Å². The molecule has 2 aromatic rings. The second-order valence-electron chi connectivity index (χ2n) is 3.75. The van der Waals surface area contributed by atoms with Gasteiger partial charge in [0.15, 0.2) is 0 Å². The summed E-state index contributed by atoms with van der Waals surface area (Å²) in [6.45, 7) is 2.91. The number of thioether (sulfide) groups is 1. The summed E-state index contributed by atoms with van der Waals surface area (Å²) in [5.74, 6) is 1.08. The van der Waals surface area contributed by atoms with Gasteiger partial charge in [-0.05, 0) is 45.9 Å². The largest absolute Gasteiger partial charge is 0.378 e. The van der Waals surface area contributed by atoms with Crippen LogP contribution < -0.4 is 5.32 Å². The third-order valence-electron chi connectivity index (χ3n) is 2.44. The van der Waals surface area contributed by atoms with Gasteiger partial charge in [0, 0.05) is 21.3 Å². The first-order chi connectivity index (χ1) is 8.79. The van der Waals surface area contributed by atoms with E-state index in [9.17, 15) is 0 Å². The van der Waals surface area contributed by atoms with Crippen molar-refractivity contribution in [2.75, 3.05) is 11.1 Å². The number of hydrogen-bond acceptors (Lipinski definition) is 3. The van der Waals surface area contributed by atoms with Crippen molar-refractivity contribution in [2.24, 2.45) is 0 Å². The highest BCUT2D eigenvalue weighted by Gasteiger charge is 2.01. The first-order valence-electron chi connectivity index (χ1n) is 5.85. The fraction of sp³-hybridized carbons (Fsp3) is 0.214. The Morgan fingerprint density at radius 3 is 2.78 bits per heavy atom. The molecule has 1 heterocycles. The summed E-state index contributed by atoms with van der Waals surface area (Å²) >= 11 is 5.24. The van der Waals surface area contributed by atoms with E-state index in [0.717, 1.165) is 22.5 Å². The van der Waals surface area contributed by atoms with Crippen molar-refractivity contribution in [3.63, 3.8) is 0 Å². The summed E-state index contributed by atoms with van der Waals surface area (Å²) in [6.07, 6.45) is 1.82. The van der Waals surface area contributed by atoms with Crippen molar-refractivity contribution in [1.29, 1.82) is 0 Å². The van der Waals surface area contributed by atoms with Gasteiger partial charge in [0.2, 0.25) is 0 Å². The van der Waals surface area contributed by atoms with Gasteiger partial charge < -0.3 is 5.32 Å². The van der Waals surface area contributed by atoms with Crippen molar-refractivity contribution in [2.45, 2.75) is 18.4 Å². The van der Waals surface area contributed by atoms with Crippen molar-refractivity contribution in [3.05, 3.63) is 52.8 Å². The Morgan fingerprint density at radius 1 is 1.22 bits per heavy atom. The molecule has 2 nitrogen and oxygen atoms in total. The summed E-state index contributed by atoms with van der Waals surface area (Å²) in [5.41, 5.74) is 2.21. The monoisotopic (exact) mass is 322 g/mol. The van der Waals surface area contributed by atoms with Crippen molar-refractivity contribution in [1.82, 2.24) is 4.98 Å². The van der Waals surface area contributed by atoms with Crippen LogP contribution in [-0.2, 0) is 6.54 Å². The quantitative estimate of drug-likeness (QED) is 0.816. The highest BCUT2D eigenvalue weighted by atomic mass is 79.9. The van der Waals surface area contributed by atoms with Crippen molar-refractivity contribution >= 4 is 33.4 Å². The van der Waals surface area contributed by atoms with Crippen LogP contribution in [0.3, 0.4) is 0 Å². The maximum Gasteiger partial charge on any atom is 0.0595 e. The number of nitrogens with one attached hydrogen (secondary N) is 1. The van der Waals surface area contributed by atoms with E-state index in [1.54, 1.807) is 0 Å². The van der Waals surface area contributed by atoms with Crippen molar-refractivity contribution < 1.29 is 0 Å². The fourth-order valence-electron chi connectivity index (χ4n) is 1.59. The van der Waals surface area contributed by atoms with Crippen LogP contribution >= 0.6 is 27.7 Å². The Balaban J connectivity index is 2.03. The number of pyridine rings is 1. The lowest BCUT2D eigenvalue weighted by Gasteiger charge is -2.10. The van der Waals surface area contributed by atoms with Gasteiger partial charge in [0.1, 0.15) is 0 Å². The van der Waals surface area contributed by atoms with Crippen LogP contribution in [-0.4, -0.2) is 10.7 Å². The predicted molar refractivity (Wildman–Crippen MR) is 82.1 cm³/mol. The SMILES string of the molecule is CCSc1ccccc1NCc1ccc(Br)cn1. The number of halogens is 1. The number of aromatic nitrogens is 1. The second-order valence-corrected chi connectivity index (χ2v) is 5.97. The Bertz CT molecular complexity index is 499. The maximum absolute atomic E-state index is 4.35. The Hall–Kier alpha value is -1.00. The first kappa shape index (κ1) is 13.4. The minimum absolute atomic E-state index is 0.745. The van der Waals surface area contributed by atoms with Gasteiger partial charge in [-0.3, -0.25) is 4.98 Å². The molecule has 1 N–H and O–H groups in total. The number of benzene rings is 1. The second kappa shape index (κ2) is 6.81. The molecule has 18 heavy (non-hydrogen) atoms. The van der Waals surface area contributed by atoms with Crippen LogP contribution in [0.4, 0.5) is 5.69 Å². The number of para-hydroxylation sites is 1. The lowest BCUT2D eigenvalue weighted by Crippen LogP contribution is -2.02. The fourth-order valence-corrected chi connectivity index (χ4v) is 2.61. The summed E-state index contributed by atoms with van der Waals surface area (Å²) in [7, 11) is 0. The highest BCUT2D eigenvalue weighted by Crippen LogP contribution is 2.26. The summed E-state index contributed by atoms with van der Waals surface area (Å²) in [5, 5.41) is 3.44. The van der Waals surface area contributed by atoms with E-state index in [1.807, 2.05) is 30.1 Å². The molecule has 2 rings (SSSR count). The molecule has 1 aromatic heterocycles. The van der Waals surface area contributed by atoms with E-state index < -0.39 is 0 Å². The molecule has 0 spiro atoms. The molecule has 0 bridgehead atoms. The molecule has 4 heteroatoms. The maximum atomic E-state index is 4.35. The zero-order valence-electron chi connectivity index (χ0n) is 10.2. The zero-order valence-corrected chi connectivity index (χ0v) is 12.6. The Morgan fingerprint density at radius 2 is 2.06 bits per heavy atom. The van der Waals surface area contributed by atoms with Gasteiger partial charge in [0.25, 0.3) is 0 Å². The average molecular weight is 323 g/mol. The molecule has 0 amide bonds. The van der Waals surface area contributed by atoms with Gasteiger partial charge in [-0.25, -0.2) is 0 Å². The predicted octanol–water partition coefficient (Wildman–Crippen LogP) is 4.57. The molecule has 0 atom stereocenters. The van der Waals surface area contributed by atoms with E-state index in [2.05, 4.69) is 57.4 Å². The van der Waals surface area contributed by atoms with Crippen LogP contribution in [0.5, 0.6) is 0 Å². The van der Waals surface area contributed by atoms with Crippen LogP contribution in [0.2, 0.25) is 0 Å². The molecule has 0 aliphatic heterocycles. The summed E-state index contributed by atoms with van der Waals surface area (Å²) in [4.78, 5) is 5.64. The molecular formula is C14H15BrN2S. The number of rotatable bonds is 5. The number of anilines is 1. The van der Waals surface area contributed by atoms with Gasteiger partial charge in [-0.2, -0.15) is 0 Å². The molecule has 0 fully saturated rings. The van der Waals surface area contributed by atoms with Crippen LogP contribution in [0.15, 0.2) is 52.0 Å². The third kappa shape index (κ3) is 3.75. The van der Waals surface area contributed by atoms with E-state index in [-0.39, 0.29) is 0 Å². The van der Waals surface area contributed by atoms with Gasteiger partial charge in [-0.1, -0.05) is 19.1 Å². The van der Waals surface area contributed by atoms with Crippen LogP contribution in [0.25, 0.3) is 0 Å². The molecule has 0 unspecified atom stereocenters. The highest BCUT2D eigenvalue weighted by molar-refractivity contribution is 9.10. The van der Waals surface area contributed by atoms with E-state index in [0.29, 0.717) is 0 Å². The zero-order chi connectivity index (χ0) is 12.8. The third-order valence-corrected chi connectivity index (χ3v) is 3.86. The van der Waals surface area contributed by atoms with Crippen LogP contribution in [0, 0.1) is 0 Å².